The van der Waals surface area contributed by atoms with Gasteiger partial charge in [0, 0.05) is 96.4 Å². The Kier molecular flexibility index (Phi) is 37.6. The van der Waals surface area contributed by atoms with Crippen LogP contribution in [0.5, 0.6) is 23.0 Å². The van der Waals surface area contributed by atoms with E-state index in [2.05, 4.69) is 76.2 Å². The Bertz CT molecular complexity index is 4040. The summed E-state index contributed by atoms with van der Waals surface area (Å²) in [6.07, 6.45) is -4.34. The zero-order chi connectivity index (χ0) is 77.0. The van der Waals surface area contributed by atoms with Crippen molar-refractivity contribution < 1.29 is 76.4 Å². The fraction of sp³-hybridized carbons (Fsp3) is 0.440. The van der Waals surface area contributed by atoms with Crippen molar-refractivity contribution in [2.45, 2.75) is 126 Å². The van der Waals surface area contributed by atoms with E-state index in [0.717, 1.165) is 111 Å². The van der Waals surface area contributed by atoms with Gasteiger partial charge in [-0.3, -0.25) is 20.4 Å². The number of hydrogen-bond acceptors (Lipinski definition) is 14. The van der Waals surface area contributed by atoms with Crippen LogP contribution < -0.4 is 24.7 Å². The molecule has 0 atom stereocenters. The number of nitrogens with one attached hydrogen (secondary N) is 4. The summed E-state index contributed by atoms with van der Waals surface area (Å²) >= 11 is 11.3. The van der Waals surface area contributed by atoms with Crippen molar-refractivity contribution in [3.05, 3.63) is 176 Å². The molecule has 0 spiro atoms. The maximum Gasteiger partial charge on any atom is 0.573 e. The normalized spacial score (nSPS) is 11.6. The molecule has 4 aromatic heterocycles. The summed E-state index contributed by atoms with van der Waals surface area (Å²) in [6, 6.07) is 22.0. The van der Waals surface area contributed by atoms with E-state index in [0.29, 0.717) is 89.4 Å². The van der Waals surface area contributed by atoms with Crippen molar-refractivity contribution in [2.75, 3.05) is 94.5 Å². The second-order valence-electron chi connectivity index (χ2n) is 24.7. The van der Waals surface area contributed by atoms with Crippen LogP contribution in [-0.4, -0.2) is 161 Å². The molecular weight excluding hydrogens is 1460 g/mol. The molecule has 0 saturated carbocycles. The highest BCUT2D eigenvalue weighted by molar-refractivity contribution is 6.32. The fourth-order valence-corrected chi connectivity index (χ4v) is 11.1. The van der Waals surface area contributed by atoms with E-state index in [4.69, 9.17) is 47.9 Å². The maximum atomic E-state index is 13.8. The first-order chi connectivity index (χ1) is 49.9. The Balaban J connectivity index is 0.000000303. The summed E-state index contributed by atoms with van der Waals surface area (Å²) in [6.45, 7) is 15.7. The molecule has 0 aliphatic rings. The number of benzene rings is 5. The van der Waals surface area contributed by atoms with Crippen LogP contribution >= 0.6 is 23.2 Å². The molecule has 4 heterocycles. The standard InChI is InChI=1S/C24H28F3N3O3.C17H21ClF3N3.C17H24F2N4O2.C15H16ClF4N3.2CH4/c1-3-4-13-30(2)17-19-16-28-29-23(19)18-5-7-20(8-6-18)31-14-15-32-21-9-11-22(12-10-21)33-24(25,26)27;1-4-5-6-24(3)10-13-9-22-23-16(13)12-7-11(2)15(18)14(8-12)17(19,20)21;1-23(4-3-20)11-14-10-21-22-16(14)12-7-13(17(18)19)9-15(8-12)25-6-5-24-2;1-3-4-23(2)8-10-7-21-22-14(10)9-5-11(15(18,19)20)13(16)12(17)6-9;;/h5-12,16H,3-4,13-15,17H2,1-2H3,(H,28,29);7-9H,4-6,10H2,1-3H3,(H,22,23);7-10,17H,3-6,11,20H2,1-2H3,(H,21,22);5-7H,3-4,8H2,1-2H3,(H,21,22);2*1H4. The van der Waals surface area contributed by atoms with Gasteiger partial charge in [0.15, 0.2) is 0 Å². The lowest BCUT2D eigenvalue weighted by atomic mass is 10.0. The molecule has 0 aliphatic heterocycles. The Labute approximate surface area is 627 Å². The van der Waals surface area contributed by atoms with Gasteiger partial charge in [-0.2, -0.15) is 46.7 Å². The van der Waals surface area contributed by atoms with Crippen molar-refractivity contribution in [1.29, 1.82) is 0 Å². The number of methoxy groups -OCH3 is 1. The number of rotatable bonds is 33. The SMILES string of the molecule is C.C.CCCCN(C)Cc1cn[nH]c1-c1cc(C)c(Cl)c(C(F)(F)F)c1.CCCCN(C)Cc1cn[nH]c1-c1ccc(OCCOc2ccc(OC(F)(F)F)cc2)cc1.CCCN(C)Cc1cn[nH]c1-c1cc(F)c(Cl)c(C(F)(F)F)c1.COCCOc1cc(-c2[nH]ncc2CN(C)CCN)cc(C(F)F)c1. The number of nitrogens with zero attached hydrogens (tertiary/aromatic N) is 8. The van der Waals surface area contributed by atoms with E-state index < -0.39 is 47.1 Å². The largest absolute Gasteiger partial charge is 0.573 e. The molecule has 0 bridgehead atoms. The molecule has 6 N–H and O–H groups in total. The van der Waals surface area contributed by atoms with Crippen LogP contribution in [0, 0.1) is 12.7 Å². The summed E-state index contributed by atoms with van der Waals surface area (Å²) < 4.78 is 181. The summed E-state index contributed by atoms with van der Waals surface area (Å²) in [4.78, 5) is 8.46. The van der Waals surface area contributed by atoms with Gasteiger partial charge in [-0.1, -0.05) is 71.7 Å². The molecule has 32 heteroatoms. The number of aryl methyl sites for hydroxylation is 1. The number of nitrogens with two attached hydrogens (primary N) is 1. The molecule has 0 aliphatic carbocycles. The third kappa shape index (κ3) is 29.3. The number of aromatic nitrogens is 8. The zero-order valence-electron chi connectivity index (χ0n) is 59.8. The molecule has 5 aromatic carbocycles. The number of unbranched alkanes of at least 4 members (excludes halogenated alkanes) is 2. The number of H-pyrrole nitrogens is 4. The highest BCUT2D eigenvalue weighted by atomic mass is 35.5. The first-order valence-corrected chi connectivity index (χ1v) is 34.4. The Morgan fingerprint density at radius 1 is 0.467 bits per heavy atom. The lowest BCUT2D eigenvalue weighted by Gasteiger charge is -2.17. The van der Waals surface area contributed by atoms with Crippen LogP contribution in [0.4, 0.5) is 52.7 Å². The Morgan fingerprint density at radius 3 is 1.26 bits per heavy atom. The van der Waals surface area contributed by atoms with E-state index in [1.54, 1.807) is 38.6 Å². The Morgan fingerprint density at radius 2 is 0.850 bits per heavy atom. The van der Waals surface area contributed by atoms with Crippen molar-refractivity contribution in [2.24, 2.45) is 5.73 Å². The van der Waals surface area contributed by atoms with Gasteiger partial charge in [0.1, 0.15) is 48.6 Å². The van der Waals surface area contributed by atoms with Gasteiger partial charge in [-0.25, -0.2) is 13.2 Å². The van der Waals surface area contributed by atoms with Gasteiger partial charge in [0.2, 0.25) is 0 Å². The fourth-order valence-electron chi connectivity index (χ4n) is 10.7. The predicted molar refractivity (Wildman–Crippen MR) is 395 cm³/mol. The highest BCUT2D eigenvalue weighted by Crippen LogP contribution is 2.42. The monoisotopic (exact) mass is 1560 g/mol. The number of ether oxygens (including phenoxy) is 5. The summed E-state index contributed by atoms with van der Waals surface area (Å²) in [5.41, 5.74) is 12.2. The van der Waals surface area contributed by atoms with Gasteiger partial charge in [0.05, 0.1) is 75.3 Å². The topological polar surface area (TPSA) is 200 Å². The summed E-state index contributed by atoms with van der Waals surface area (Å²) in [7, 11) is 9.48. The molecule has 18 nitrogen and oxygen atoms in total. The van der Waals surface area contributed by atoms with Gasteiger partial charge in [-0.15, -0.1) is 13.2 Å². The quantitative estimate of drug-likeness (QED) is 0.0192. The predicted octanol–water partition coefficient (Wildman–Crippen LogP) is 19.4. The van der Waals surface area contributed by atoms with Crippen LogP contribution in [0.25, 0.3) is 45.0 Å². The molecule has 0 radical (unpaired) electrons. The van der Waals surface area contributed by atoms with Crippen LogP contribution in [0.15, 0.2) is 116 Å². The minimum atomic E-state index is -4.73. The van der Waals surface area contributed by atoms with Crippen LogP contribution in [-0.2, 0) is 43.3 Å². The minimum Gasteiger partial charge on any atom is -0.491 e. The second-order valence-corrected chi connectivity index (χ2v) is 25.4. The van der Waals surface area contributed by atoms with Crippen molar-refractivity contribution in [1.82, 2.24) is 60.4 Å². The van der Waals surface area contributed by atoms with Gasteiger partial charge in [0.25, 0.3) is 6.43 Å². The number of halogens is 14. The third-order valence-corrected chi connectivity index (χ3v) is 16.7. The van der Waals surface area contributed by atoms with Crippen LogP contribution in [0.1, 0.15) is 119 Å². The molecule has 0 amide bonds. The van der Waals surface area contributed by atoms with E-state index in [1.807, 2.05) is 68.3 Å². The first kappa shape index (κ1) is 91.0. The van der Waals surface area contributed by atoms with Gasteiger partial charge in [-0.05, 0) is 171 Å². The number of hydrogen-bond donors (Lipinski definition) is 5. The number of alkyl halides is 11. The molecule has 0 fully saturated rings. The molecule has 0 saturated heterocycles. The summed E-state index contributed by atoms with van der Waals surface area (Å²) in [5, 5.41) is 26.4. The molecule has 590 valence electrons. The smallest absolute Gasteiger partial charge is 0.491 e. The first-order valence-electron chi connectivity index (χ1n) is 33.6. The molecular formula is C75H97Cl2F12N13O5. The van der Waals surface area contributed by atoms with Crippen LogP contribution in [0.2, 0.25) is 10.0 Å². The van der Waals surface area contributed by atoms with Crippen molar-refractivity contribution in [3.63, 3.8) is 0 Å². The summed E-state index contributed by atoms with van der Waals surface area (Å²) in [5.74, 6) is 0.0930. The molecule has 107 heavy (non-hydrogen) atoms. The maximum absolute atomic E-state index is 13.8. The number of aromatic amines is 4. The second kappa shape index (κ2) is 44.2. The highest BCUT2D eigenvalue weighted by Gasteiger charge is 2.37. The van der Waals surface area contributed by atoms with E-state index in [1.165, 1.54) is 42.6 Å². The van der Waals surface area contributed by atoms with Gasteiger partial charge >= 0.3 is 18.7 Å². The minimum absolute atomic E-state index is 0. The van der Waals surface area contributed by atoms with Crippen molar-refractivity contribution >= 4 is 23.2 Å². The number of likely N-dealkylation sites (N-methyl/N-ethyl adjacent to an activating group) is 1. The van der Waals surface area contributed by atoms with E-state index in [-0.39, 0.29) is 56.6 Å². The van der Waals surface area contributed by atoms with Crippen molar-refractivity contribution in [3.8, 4) is 68.0 Å². The molecule has 9 rings (SSSR count). The zero-order valence-corrected chi connectivity index (χ0v) is 61.3. The lowest BCUT2D eigenvalue weighted by molar-refractivity contribution is -0.274. The van der Waals surface area contributed by atoms with Crippen LogP contribution in [0.3, 0.4) is 0 Å². The average Bonchev–Trinajstić information content (AvgIpc) is 1.75. The lowest BCUT2D eigenvalue weighted by Crippen LogP contribution is -2.25. The molecule has 9 aromatic rings. The third-order valence-electron chi connectivity index (χ3n) is 15.9. The van der Waals surface area contributed by atoms with E-state index >= 15 is 0 Å². The Hall–Kier alpha value is -8.36. The average molecular weight is 1560 g/mol. The van der Waals surface area contributed by atoms with E-state index in [9.17, 15) is 52.7 Å². The van der Waals surface area contributed by atoms with Gasteiger partial charge < -0.3 is 49.0 Å². The molecule has 0 unspecified atom stereocenters.